The summed E-state index contributed by atoms with van der Waals surface area (Å²) >= 11 is 0. The monoisotopic (exact) mass is 578 g/mol. The highest BCUT2D eigenvalue weighted by Crippen LogP contribution is 2.16. The first-order valence-electron chi connectivity index (χ1n) is 18.7. The molecular formula is C38H75NO2. The summed E-state index contributed by atoms with van der Waals surface area (Å²) in [5.74, 6) is 0.918. The van der Waals surface area contributed by atoms with Gasteiger partial charge in [-0.2, -0.15) is 0 Å². The zero-order valence-corrected chi connectivity index (χ0v) is 28.4. The lowest BCUT2D eigenvalue weighted by atomic mass is 10.0. The Morgan fingerprint density at radius 3 is 0.902 bits per heavy atom. The van der Waals surface area contributed by atoms with Crippen LogP contribution >= 0.6 is 0 Å². The van der Waals surface area contributed by atoms with Gasteiger partial charge in [0, 0.05) is 31.8 Å². The molecule has 3 nitrogen and oxygen atoms in total. The van der Waals surface area contributed by atoms with E-state index < -0.39 is 0 Å². The highest BCUT2D eigenvalue weighted by atomic mass is 16.3. The highest BCUT2D eigenvalue weighted by Gasteiger charge is 2.04. The Hall–Kier alpha value is -1.12. The van der Waals surface area contributed by atoms with E-state index in [2.05, 4.69) is 25.7 Å². The summed E-state index contributed by atoms with van der Waals surface area (Å²) in [6.07, 6.45) is 42.0. The van der Waals surface area contributed by atoms with Gasteiger partial charge in [0.2, 0.25) is 0 Å². The van der Waals surface area contributed by atoms with Crippen molar-refractivity contribution in [2.75, 3.05) is 6.54 Å². The lowest BCUT2D eigenvalue weighted by Crippen LogP contribution is -2.14. The molecule has 0 amide bonds. The van der Waals surface area contributed by atoms with E-state index in [1.165, 1.54) is 161 Å². The average Bonchev–Trinajstić information content (AvgIpc) is 2.96. The number of hydrogen-bond acceptors (Lipinski definition) is 3. The van der Waals surface area contributed by atoms with Gasteiger partial charge in [-0.3, -0.25) is 0 Å². The largest absolute Gasteiger partial charge is 0.511 e. The molecule has 0 spiro atoms. The van der Waals surface area contributed by atoms with Crippen LogP contribution in [0.5, 0.6) is 0 Å². The molecule has 3 heteroatoms. The van der Waals surface area contributed by atoms with Crippen LogP contribution in [0.15, 0.2) is 23.9 Å². The van der Waals surface area contributed by atoms with Gasteiger partial charge in [0.15, 0.2) is 0 Å². The Kier molecular flexibility index (Phi) is 32.5. The molecule has 0 aromatic rings. The number of allylic oxidation sites excluding steroid dienone is 2. The van der Waals surface area contributed by atoms with Crippen LogP contribution in [0.4, 0.5) is 0 Å². The van der Waals surface area contributed by atoms with Crippen LogP contribution in [0.1, 0.15) is 213 Å². The van der Waals surface area contributed by atoms with E-state index in [1.54, 1.807) is 0 Å². The maximum Gasteiger partial charge on any atom is 0.108 e. The summed E-state index contributed by atoms with van der Waals surface area (Å²) in [7, 11) is 0. The minimum absolute atomic E-state index is 0.459. The molecule has 0 aromatic carbocycles. The van der Waals surface area contributed by atoms with E-state index in [-0.39, 0.29) is 0 Å². The zero-order valence-electron chi connectivity index (χ0n) is 28.4. The van der Waals surface area contributed by atoms with E-state index in [0.717, 1.165) is 38.6 Å². The molecule has 0 aromatic heterocycles. The Labute approximate surface area is 258 Å². The summed E-state index contributed by atoms with van der Waals surface area (Å²) in [6, 6.07) is 0. The first-order chi connectivity index (χ1) is 20.1. The van der Waals surface area contributed by atoms with Crippen molar-refractivity contribution in [3.8, 4) is 0 Å². The van der Waals surface area contributed by atoms with Gasteiger partial charge in [0.25, 0.3) is 0 Å². The van der Waals surface area contributed by atoms with Crippen LogP contribution in [0, 0.1) is 0 Å². The fraction of sp³-hybridized carbons (Fsp3) is 0.895. The number of hydrogen-bond donors (Lipinski definition) is 2. The van der Waals surface area contributed by atoms with Crippen LogP contribution in [-0.2, 0) is 0 Å². The van der Waals surface area contributed by atoms with Gasteiger partial charge >= 0.3 is 0 Å². The molecule has 244 valence electrons. The molecule has 0 rings (SSSR count). The molecule has 0 saturated heterocycles. The second kappa shape index (κ2) is 33.4. The molecule has 0 unspecified atom stereocenters. The van der Waals surface area contributed by atoms with E-state index >= 15 is 0 Å². The molecule has 2 N–H and O–H groups in total. The quantitative estimate of drug-likeness (QED) is 0.0602. The number of aliphatic hydroxyl groups excluding tert-OH is 2. The summed E-state index contributed by atoms with van der Waals surface area (Å²) in [5, 5.41) is 21.2. The minimum atomic E-state index is 0.459. The molecule has 0 fully saturated rings. The molecule has 0 aliphatic rings. The van der Waals surface area contributed by atoms with E-state index in [0.29, 0.717) is 11.5 Å². The first kappa shape index (κ1) is 39.9. The predicted octanol–water partition coefficient (Wildman–Crippen LogP) is 13.8. The molecule has 0 radical (unpaired) electrons. The van der Waals surface area contributed by atoms with Gasteiger partial charge in [-0.15, -0.1) is 0 Å². The van der Waals surface area contributed by atoms with Crippen LogP contribution < -0.4 is 0 Å². The van der Waals surface area contributed by atoms with Gasteiger partial charge in [-0.05, 0) is 19.3 Å². The van der Waals surface area contributed by atoms with E-state index in [4.69, 9.17) is 0 Å². The van der Waals surface area contributed by atoms with Crippen LogP contribution in [0.25, 0.3) is 0 Å². The highest BCUT2D eigenvalue weighted by molar-refractivity contribution is 4.99. The molecule has 0 aliphatic carbocycles. The fourth-order valence-electron chi connectivity index (χ4n) is 5.69. The van der Waals surface area contributed by atoms with Crippen molar-refractivity contribution in [3.05, 3.63) is 23.9 Å². The molecule has 41 heavy (non-hydrogen) atoms. The third kappa shape index (κ3) is 31.6. The lowest BCUT2D eigenvalue weighted by molar-refractivity contribution is 0.334. The van der Waals surface area contributed by atoms with Crippen LogP contribution in [0.3, 0.4) is 0 Å². The van der Waals surface area contributed by atoms with E-state index in [9.17, 15) is 10.2 Å². The zero-order chi connectivity index (χ0) is 30.1. The van der Waals surface area contributed by atoms with Crippen molar-refractivity contribution in [2.45, 2.75) is 213 Å². The van der Waals surface area contributed by atoms with Gasteiger partial charge in [-0.25, -0.2) is 0 Å². The standard InChI is InChI=1S/C38H75NO2/c1-4-7-10-13-16-17-18-19-20-21-22-23-24-25-28-31-34-39(35-37(40)32-29-26-14-11-8-5-2)36-38(41)33-30-27-15-12-9-6-3/h35-36,40-41H,4-34H2,1-3H3. The molecule has 0 bridgehead atoms. The molecule has 0 saturated carbocycles. The Bertz CT molecular complexity index is 539. The van der Waals surface area contributed by atoms with Crippen molar-refractivity contribution in [2.24, 2.45) is 0 Å². The SMILES string of the molecule is CCCCCCCCCCCCCCCCCCN(C=C(O)CCCCCCCC)C=C(O)CCCCCCCC. The second-order valence-corrected chi connectivity index (χ2v) is 12.8. The molecular weight excluding hydrogens is 502 g/mol. The van der Waals surface area contributed by atoms with Crippen molar-refractivity contribution >= 4 is 0 Å². The molecule has 0 atom stereocenters. The Balaban J connectivity index is 4.19. The van der Waals surface area contributed by atoms with Crippen molar-refractivity contribution in [1.82, 2.24) is 4.90 Å². The average molecular weight is 578 g/mol. The fourth-order valence-corrected chi connectivity index (χ4v) is 5.69. The molecule has 0 aliphatic heterocycles. The van der Waals surface area contributed by atoms with E-state index in [1.807, 2.05) is 12.4 Å². The Morgan fingerprint density at radius 2 is 0.610 bits per heavy atom. The number of rotatable bonds is 33. The minimum Gasteiger partial charge on any atom is -0.511 e. The lowest BCUT2D eigenvalue weighted by Gasteiger charge is -2.17. The smallest absolute Gasteiger partial charge is 0.108 e. The third-order valence-corrected chi connectivity index (χ3v) is 8.47. The summed E-state index contributed by atoms with van der Waals surface area (Å²) in [6.45, 7) is 7.66. The third-order valence-electron chi connectivity index (χ3n) is 8.47. The Morgan fingerprint density at radius 1 is 0.366 bits per heavy atom. The summed E-state index contributed by atoms with van der Waals surface area (Å²) < 4.78 is 0. The maximum absolute atomic E-state index is 10.6. The second-order valence-electron chi connectivity index (χ2n) is 12.8. The van der Waals surface area contributed by atoms with Gasteiger partial charge in [0.05, 0.1) is 0 Å². The van der Waals surface area contributed by atoms with Crippen LogP contribution in [-0.4, -0.2) is 21.7 Å². The van der Waals surface area contributed by atoms with Gasteiger partial charge < -0.3 is 15.1 Å². The molecule has 0 heterocycles. The maximum atomic E-state index is 10.6. The topological polar surface area (TPSA) is 43.7 Å². The van der Waals surface area contributed by atoms with Crippen LogP contribution in [0.2, 0.25) is 0 Å². The number of nitrogens with zero attached hydrogens (tertiary/aromatic N) is 1. The normalized spacial score (nSPS) is 12.4. The first-order valence-corrected chi connectivity index (χ1v) is 18.7. The van der Waals surface area contributed by atoms with Crippen molar-refractivity contribution < 1.29 is 10.2 Å². The van der Waals surface area contributed by atoms with Gasteiger partial charge in [-0.1, -0.05) is 181 Å². The number of unbranched alkanes of at least 4 members (excludes halogenated alkanes) is 25. The predicted molar refractivity (Wildman–Crippen MR) is 184 cm³/mol. The van der Waals surface area contributed by atoms with Crippen molar-refractivity contribution in [3.63, 3.8) is 0 Å². The number of aliphatic hydroxyl groups is 2. The van der Waals surface area contributed by atoms with Crippen molar-refractivity contribution in [1.29, 1.82) is 0 Å². The van der Waals surface area contributed by atoms with Gasteiger partial charge in [0.1, 0.15) is 11.5 Å². The summed E-state index contributed by atoms with van der Waals surface area (Å²) in [5.41, 5.74) is 0. The summed E-state index contributed by atoms with van der Waals surface area (Å²) in [4.78, 5) is 2.06.